The zero-order valence-corrected chi connectivity index (χ0v) is 10.9. The highest BCUT2D eigenvalue weighted by Crippen LogP contribution is 2.22. The number of carbonyl (C=O) groups excluding carboxylic acids is 1. The summed E-state index contributed by atoms with van der Waals surface area (Å²) in [5, 5.41) is 0. The van der Waals surface area contributed by atoms with E-state index in [0.717, 1.165) is 6.07 Å². The fourth-order valence-corrected chi connectivity index (χ4v) is 1.77. The second-order valence-electron chi connectivity index (χ2n) is 3.45. The molecule has 0 N–H and O–H groups in total. The molecule has 0 bridgehead atoms. The Bertz CT molecular complexity index is 604. The van der Waals surface area contributed by atoms with Crippen LogP contribution < -0.4 is 0 Å². The molecule has 2 rings (SSSR count). The van der Waals surface area contributed by atoms with Crippen molar-refractivity contribution in [1.29, 1.82) is 0 Å². The lowest BCUT2D eigenvalue weighted by molar-refractivity contribution is 0.0600. The van der Waals surface area contributed by atoms with Crippen LogP contribution in [0.15, 0.2) is 35.2 Å². The maximum absolute atomic E-state index is 13.4. The smallest absolute Gasteiger partial charge is 0.337 e. The zero-order chi connectivity index (χ0) is 13.1. The molecular formula is C12H8BrFN2O2. The first-order chi connectivity index (χ1) is 8.60. The molecule has 4 nitrogen and oxygen atoms in total. The summed E-state index contributed by atoms with van der Waals surface area (Å²) in [6, 6.07) is 5.56. The predicted molar refractivity (Wildman–Crippen MR) is 66.5 cm³/mol. The number of nitrogens with zero attached hydrogens (tertiary/aromatic N) is 2. The van der Waals surface area contributed by atoms with Crippen molar-refractivity contribution in [3.8, 4) is 11.3 Å². The number of benzene rings is 1. The second kappa shape index (κ2) is 5.22. The summed E-state index contributed by atoms with van der Waals surface area (Å²) in [5.41, 5.74) is 1.14. The monoisotopic (exact) mass is 310 g/mol. The Morgan fingerprint density at radius 1 is 1.28 bits per heavy atom. The van der Waals surface area contributed by atoms with Gasteiger partial charge < -0.3 is 4.74 Å². The minimum absolute atomic E-state index is 0.141. The second-order valence-corrected chi connectivity index (χ2v) is 4.26. The molecule has 18 heavy (non-hydrogen) atoms. The maximum Gasteiger partial charge on any atom is 0.337 e. The predicted octanol–water partition coefficient (Wildman–Crippen LogP) is 2.83. The third kappa shape index (κ3) is 2.70. The van der Waals surface area contributed by atoms with Gasteiger partial charge in [0.25, 0.3) is 0 Å². The molecule has 0 unspecified atom stereocenters. The number of hydrogen-bond donors (Lipinski definition) is 0. The molecule has 6 heteroatoms. The van der Waals surface area contributed by atoms with Gasteiger partial charge in [-0.25, -0.2) is 19.2 Å². The number of methoxy groups -OCH3 is 1. The van der Waals surface area contributed by atoms with Crippen molar-refractivity contribution in [2.24, 2.45) is 0 Å². The number of hydrogen-bond acceptors (Lipinski definition) is 4. The lowest BCUT2D eigenvalue weighted by Gasteiger charge is -2.04. The van der Waals surface area contributed by atoms with Gasteiger partial charge in [0, 0.05) is 5.56 Å². The van der Waals surface area contributed by atoms with Crippen molar-refractivity contribution in [1.82, 2.24) is 9.97 Å². The fourth-order valence-electron chi connectivity index (χ4n) is 1.46. The summed E-state index contributed by atoms with van der Waals surface area (Å²) in [5.74, 6) is -1.12. The third-order valence-corrected chi connectivity index (χ3v) is 2.68. The molecule has 0 atom stereocenters. The first-order valence-electron chi connectivity index (χ1n) is 4.97. The quantitative estimate of drug-likeness (QED) is 0.632. The van der Waals surface area contributed by atoms with E-state index >= 15 is 0 Å². The van der Waals surface area contributed by atoms with E-state index in [2.05, 4.69) is 30.6 Å². The van der Waals surface area contributed by atoms with Crippen molar-refractivity contribution in [3.05, 3.63) is 46.6 Å². The molecule has 1 aromatic carbocycles. The van der Waals surface area contributed by atoms with Crippen LogP contribution in [-0.2, 0) is 4.74 Å². The van der Waals surface area contributed by atoms with E-state index in [4.69, 9.17) is 0 Å². The fraction of sp³-hybridized carbons (Fsp3) is 0.0833. The maximum atomic E-state index is 13.4. The Hall–Kier alpha value is -1.82. The van der Waals surface area contributed by atoms with Crippen LogP contribution in [0.2, 0.25) is 0 Å². The van der Waals surface area contributed by atoms with Crippen LogP contribution >= 0.6 is 15.9 Å². The van der Waals surface area contributed by atoms with Crippen LogP contribution in [0.3, 0.4) is 0 Å². The molecule has 0 aliphatic rings. The molecule has 0 aliphatic carbocycles. The summed E-state index contributed by atoms with van der Waals surface area (Å²) < 4.78 is 18.6. The molecular weight excluding hydrogens is 303 g/mol. The molecule has 0 amide bonds. The van der Waals surface area contributed by atoms with E-state index in [1.807, 2.05) is 0 Å². The topological polar surface area (TPSA) is 52.1 Å². The van der Waals surface area contributed by atoms with Crippen LogP contribution in [0, 0.1) is 5.82 Å². The van der Waals surface area contributed by atoms with E-state index < -0.39 is 11.8 Å². The molecule has 0 radical (unpaired) electrons. The number of halogens is 2. The Morgan fingerprint density at radius 3 is 2.72 bits per heavy atom. The molecule has 0 saturated heterocycles. The Labute approximate surface area is 111 Å². The molecule has 2 aromatic rings. The van der Waals surface area contributed by atoms with Crippen LogP contribution in [0.5, 0.6) is 0 Å². The lowest BCUT2D eigenvalue weighted by atomic mass is 10.1. The molecule has 0 saturated carbocycles. The average molecular weight is 311 g/mol. The number of carbonyl (C=O) groups is 1. The number of rotatable bonds is 2. The van der Waals surface area contributed by atoms with Gasteiger partial charge in [-0.3, -0.25) is 0 Å². The molecule has 0 aliphatic heterocycles. The van der Waals surface area contributed by atoms with E-state index in [0.29, 0.717) is 15.9 Å². The zero-order valence-electron chi connectivity index (χ0n) is 9.35. The van der Waals surface area contributed by atoms with Crippen LogP contribution in [0.25, 0.3) is 11.3 Å². The van der Waals surface area contributed by atoms with Gasteiger partial charge in [0.15, 0.2) is 0 Å². The van der Waals surface area contributed by atoms with Crippen molar-refractivity contribution in [2.75, 3.05) is 7.11 Å². The Balaban J connectivity index is 2.51. The van der Waals surface area contributed by atoms with Gasteiger partial charge in [-0.15, -0.1) is 0 Å². The Kier molecular flexibility index (Phi) is 3.66. The van der Waals surface area contributed by atoms with Gasteiger partial charge in [0.05, 0.1) is 18.4 Å². The van der Waals surface area contributed by atoms with Gasteiger partial charge >= 0.3 is 5.97 Å². The van der Waals surface area contributed by atoms with Crippen LogP contribution in [0.1, 0.15) is 10.4 Å². The standard InChI is InChI=1S/C12H8BrFN2O2/c1-18-12(17)8-2-7(3-9(14)4-8)10-5-11(13)16-6-15-10/h2-6H,1H3. The van der Waals surface area contributed by atoms with Gasteiger partial charge in [0.2, 0.25) is 0 Å². The molecule has 92 valence electrons. The van der Waals surface area contributed by atoms with E-state index in [9.17, 15) is 9.18 Å². The number of aromatic nitrogens is 2. The largest absolute Gasteiger partial charge is 0.465 e. The molecule has 0 spiro atoms. The van der Waals surface area contributed by atoms with Crippen molar-refractivity contribution in [2.45, 2.75) is 0 Å². The van der Waals surface area contributed by atoms with Gasteiger partial charge in [-0.1, -0.05) is 0 Å². The summed E-state index contributed by atoms with van der Waals surface area (Å²) in [4.78, 5) is 19.3. The summed E-state index contributed by atoms with van der Waals surface area (Å²) in [6.45, 7) is 0. The van der Waals surface area contributed by atoms with Gasteiger partial charge in [0.1, 0.15) is 16.7 Å². The van der Waals surface area contributed by atoms with Crippen LogP contribution in [-0.4, -0.2) is 23.0 Å². The van der Waals surface area contributed by atoms with Crippen molar-refractivity contribution in [3.63, 3.8) is 0 Å². The minimum atomic E-state index is -0.594. The first-order valence-corrected chi connectivity index (χ1v) is 5.76. The van der Waals surface area contributed by atoms with E-state index in [1.54, 1.807) is 6.07 Å². The average Bonchev–Trinajstić information content (AvgIpc) is 2.37. The molecule has 0 fully saturated rings. The number of esters is 1. The van der Waals surface area contributed by atoms with Crippen LogP contribution in [0.4, 0.5) is 4.39 Å². The number of ether oxygens (including phenoxy) is 1. The molecule has 1 aromatic heterocycles. The van der Waals surface area contributed by atoms with Crippen molar-refractivity contribution >= 4 is 21.9 Å². The highest BCUT2D eigenvalue weighted by Gasteiger charge is 2.11. The summed E-state index contributed by atoms with van der Waals surface area (Å²) in [6.07, 6.45) is 1.35. The normalized spacial score (nSPS) is 10.2. The third-order valence-electron chi connectivity index (χ3n) is 2.25. The summed E-state index contributed by atoms with van der Waals surface area (Å²) in [7, 11) is 1.24. The van der Waals surface area contributed by atoms with Gasteiger partial charge in [-0.05, 0) is 40.2 Å². The van der Waals surface area contributed by atoms with Crippen molar-refractivity contribution < 1.29 is 13.9 Å². The van der Waals surface area contributed by atoms with E-state index in [1.165, 1.54) is 25.6 Å². The molecule has 1 heterocycles. The SMILES string of the molecule is COC(=O)c1cc(F)cc(-c2cc(Br)ncn2)c1. The lowest BCUT2D eigenvalue weighted by Crippen LogP contribution is -2.02. The Morgan fingerprint density at radius 2 is 2.06 bits per heavy atom. The van der Waals surface area contributed by atoms with Gasteiger partial charge in [-0.2, -0.15) is 0 Å². The van der Waals surface area contributed by atoms with E-state index in [-0.39, 0.29) is 5.56 Å². The summed E-state index contributed by atoms with van der Waals surface area (Å²) >= 11 is 3.20. The highest BCUT2D eigenvalue weighted by molar-refractivity contribution is 9.10. The first kappa shape index (κ1) is 12.6. The minimum Gasteiger partial charge on any atom is -0.465 e. The highest BCUT2D eigenvalue weighted by atomic mass is 79.9.